The Morgan fingerprint density at radius 2 is 1.39 bits per heavy atom. The Kier molecular flexibility index (Phi) is 6.17. The van der Waals surface area contributed by atoms with Crippen molar-refractivity contribution in [3.05, 3.63) is 106 Å². The lowest BCUT2D eigenvalue weighted by Crippen LogP contribution is -2.25. The number of carbonyl (C=O) groups is 2. The summed E-state index contributed by atoms with van der Waals surface area (Å²) in [6.45, 7) is 2.70. The molecule has 3 rings (SSSR count). The molecular formula is C23H21FN2O2. The number of halogens is 1. The van der Waals surface area contributed by atoms with Crippen molar-refractivity contribution in [3.63, 3.8) is 0 Å². The Morgan fingerprint density at radius 1 is 0.786 bits per heavy atom. The number of carbonyl (C=O) groups excluding carboxylic acids is 2. The molecule has 0 bridgehead atoms. The van der Waals surface area contributed by atoms with Crippen molar-refractivity contribution in [2.75, 3.05) is 0 Å². The highest BCUT2D eigenvalue weighted by atomic mass is 19.1. The van der Waals surface area contributed by atoms with Gasteiger partial charge in [-0.1, -0.05) is 42.5 Å². The maximum absolute atomic E-state index is 12.9. The molecule has 2 amide bonds. The summed E-state index contributed by atoms with van der Waals surface area (Å²) < 4.78 is 12.9. The molecule has 0 heterocycles. The highest BCUT2D eigenvalue weighted by Crippen LogP contribution is 2.09. The zero-order valence-corrected chi connectivity index (χ0v) is 15.5. The lowest BCUT2D eigenvalue weighted by molar-refractivity contribution is 0.0950. The molecule has 0 atom stereocenters. The highest BCUT2D eigenvalue weighted by Gasteiger charge is 2.11. The van der Waals surface area contributed by atoms with Gasteiger partial charge in [-0.05, 0) is 53.9 Å². The van der Waals surface area contributed by atoms with E-state index in [1.807, 2.05) is 31.2 Å². The number of hydrogen-bond donors (Lipinski definition) is 2. The molecular weight excluding hydrogens is 355 g/mol. The van der Waals surface area contributed by atoms with Crippen LogP contribution in [0.4, 0.5) is 4.39 Å². The van der Waals surface area contributed by atoms with E-state index in [0.717, 1.165) is 16.7 Å². The zero-order chi connectivity index (χ0) is 19.9. The van der Waals surface area contributed by atoms with E-state index in [1.165, 1.54) is 12.1 Å². The van der Waals surface area contributed by atoms with Gasteiger partial charge in [0.05, 0.1) is 0 Å². The van der Waals surface area contributed by atoms with Crippen molar-refractivity contribution in [2.24, 2.45) is 0 Å². The van der Waals surface area contributed by atoms with Gasteiger partial charge in [0.25, 0.3) is 11.8 Å². The molecule has 5 heteroatoms. The molecule has 0 aromatic heterocycles. The van der Waals surface area contributed by atoms with Crippen molar-refractivity contribution in [1.82, 2.24) is 10.6 Å². The Balaban J connectivity index is 1.60. The van der Waals surface area contributed by atoms with Gasteiger partial charge < -0.3 is 10.6 Å². The van der Waals surface area contributed by atoms with Crippen LogP contribution in [0.1, 0.15) is 37.4 Å². The molecule has 0 saturated carbocycles. The fourth-order valence-corrected chi connectivity index (χ4v) is 2.77. The predicted octanol–water partition coefficient (Wildman–Crippen LogP) is 3.99. The molecule has 0 radical (unpaired) electrons. The maximum atomic E-state index is 12.9. The van der Waals surface area contributed by atoms with Crippen molar-refractivity contribution in [3.8, 4) is 0 Å². The third-order valence-corrected chi connectivity index (χ3v) is 4.45. The minimum atomic E-state index is -0.320. The van der Waals surface area contributed by atoms with Crippen LogP contribution in [0.25, 0.3) is 0 Å². The standard InChI is InChI=1S/C23H21FN2O2/c1-16-5-2-3-6-20(16)15-26-23(28)19-8-4-7-18(13-19)22(27)25-14-17-9-11-21(24)12-10-17/h2-13H,14-15H2,1H3,(H,25,27)(H,26,28). The summed E-state index contributed by atoms with van der Waals surface area (Å²) in [7, 11) is 0. The molecule has 0 aliphatic heterocycles. The van der Waals surface area contributed by atoms with Crippen LogP contribution in [0.5, 0.6) is 0 Å². The smallest absolute Gasteiger partial charge is 0.251 e. The van der Waals surface area contributed by atoms with Crippen LogP contribution in [0.3, 0.4) is 0 Å². The second-order valence-corrected chi connectivity index (χ2v) is 6.50. The Morgan fingerprint density at radius 3 is 2.04 bits per heavy atom. The largest absolute Gasteiger partial charge is 0.348 e. The summed E-state index contributed by atoms with van der Waals surface area (Å²) >= 11 is 0. The van der Waals surface area contributed by atoms with Crippen LogP contribution in [0.2, 0.25) is 0 Å². The molecule has 3 aromatic rings. The first-order valence-electron chi connectivity index (χ1n) is 8.98. The first kappa shape index (κ1) is 19.3. The van der Waals surface area contributed by atoms with E-state index in [2.05, 4.69) is 10.6 Å². The Bertz CT molecular complexity index is 984. The van der Waals surface area contributed by atoms with Gasteiger partial charge in [0, 0.05) is 24.2 Å². The van der Waals surface area contributed by atoms with E-state index >= 15 is 0 Å². The monoisotopic (exact) mass is 376 g/mol. The van der Waals surface area contributed by atoms with Crippen LogP contribution < -0.4 is 10.6 Å². The van der Waals surface area contributed by atoms with Gasteiger partial charge >= 0.3 is 0 Å². The summed E-state index contributed by atoms with van der Waals surface area (Å²) in [5.41, 5.74) is 3.76. The first-order valence-corrected chi connectivity index (χ1v) is 8.98. The van der Waals surface area contributed by atoms with Gasteiger partial charge in [0.2, 0.25) is 0 Å². The fraction of sp³-hybridized carbons (Fsp3) is 0.130. The average Bonchev–Trinajstić information content (AvgIpc) is 2.72. The first-order chi connectivity index (χ1) is 13.5. The topological polar surface area (TPSA) is 58.2 Å². The molecule has 142 valence electrons. The minimum Gasteiger partial charge on any atom is -0.348 e. The summed E-state index contributed by atoms with van der Waals surface area (Å²) in [6, 6.07) is 20.3. The molecule has 4 nitrogen and oxygen atoms in total. The van der Waals surface area contributed by atoms with Crippen LogP contribution in [-0.4, -0.2) is 11.8 Å². The summed E-state index contributed by atoms with van der Waals surface area (Å²) in [5, 5.41) is 5.65. The maximum Gasteiger partial charge on any atom is 0.251 e. The number of benzene rings is 3. The van der Waals surface area contributed by atoms with Crippen LogP contribution in [0, 0.1) is 12.7 Å². The van der Waals surface area contributed by atoms with Crippen molar-refractivity contribution < 1.29 is 14.0 Å². The lowest BCUT2D eigenvalue weighted by Gasteiger charge is -2.09. The van der Waals surface area contributed by atoms with Crippen LogP contribution >= 0.6 is 0 Å². The predicted molar refractivity (Wildman–Crippen MR) is 106 cm³/mol. The molecule has 0 aliphatic rings. The number of aryl methyl sites for hydroxylation is 1. The Labute approximate surface area is 163 Å². The molecule has 0 spiro atoms. The van der Waals surface area contributed by atoms with Crippen molar-refractivity contribution >= 4 is 11.8 Å². The average molecular weight is 376 g/mol. The van der Waals surface area contributed by atoms with Crippen molar-refractivity contribution in [2.45, 2.75) is 20.0 Å². The second kappa shape index (κ2) is 8.95. The van der Waals surface area contributed by atoms with E-state index in [9.17, 15) is 14.0 Å². The highest BCUT2D eigenvalue weighted by molar-refractivity contribution is 5.99. The minimum absolute atomic E-state index is 0.239. The molecule has 28 heavy (non-hydrogen) atoms. The summed E-state index contributed by atoms with van der Waals surface area (Å²) in [4.78, 5) is 24.8. The molecule has 0 fully saturated rings. The summed E-state index contributed by atoms with van der Waals surface area (Å²) in [6.07, 6.45) is 0. The zero-order valence-electron chi connectivity index (χ0n) is 15.5. The third kappa shape index (κ3) is 5.04. The molecule has 3 aromatic carbocycles. The molecule has 2 N–H and O–H groups in total. The quantitative estimate of drug-likeness (QED) is 0.683. The summed E-state index contributed by atoms with van der Waals surface area (Å²) in [5.74, 6) is -0.853. The third-order valence-electron chi connectivity index (χ3n) is 4.45. The van der Waals surface area contributed by atoms with Gasteiger partial charge in [-0.2, -0.15) is 0 Å². The Hall–Kier alpha value is -3.47. The van der Waals surface area contributed by atoms with Gasteiger partial charge in [0.1, 0.15) is 5.82 Å². The van der Waals surface area contributed by atoms with Crippen LogP contribution in [0.15, 0.2) is 72.8 Å². The number of rotatable bonds is 6. The molecule has 0 saturated heterocycles. The molecule has 0 aliphatic carbocycles. The second-order valence-electron chi connectivity index (χ2n) is 6.50. The number of hydrogen-bond acceptors (Lipinski definition) is 2. The fourth-order valence-electron chi connectivity index (χ4n) is 2.77. The van der Waals surface area contributed by atoms with E-state index in [1.54, 1.807) is 36.4 Å². The normalized spacial score (nSPS) is 10.4. The van der Waals surface area contributed by atoms with Crippen LogP contribution in [-0.2, 0) is 13.1 Å². The van der Waals surface area contributed by atoms with E-state index in [-0.39, 0.29) is 24.2 Å². The number of nitrogens with one attached hydrogen (secondary N) is 2. The van der Waals surface area contributed by atoms with E-state index < -0.39 is 0 Å². The van der Waals surface area contributed by atoms with Gasteiger partial charge in [-0.25, -0.2) is 4.39 Å². The van der Waals surface area contributed by atoms with Gasteiger partial charge in [-0.15, -0.1) is 0 Å². The van der Waals surface area contributed by atoms with Gasteiger partial charge in [0.15, 0.2) is 0 Å². The molecule has 0 unspecified atom stereocenters. The van der Waals surface area contributed by atoms with Crippen molar-refractivity contribution in [1.29, 1.82) is 0 Å². The number of amides is 2. The SMILES string of the molecule is Cc1ccccc1CNC(=O)c1cccc(C(=O)NCc2ccc(F)cc2)c1. The lowest BCUT2D eigenvalue weighted by atomic mass is 10.1. The van der Waals surface area contributed by atoms with E-state index in [0.29, 0.717) is 17.7 Å². The van der Waals surface area contributed by atoms with E-state index in [4.69, 9.17) is 0 Å². The van der Waals surface area contributed by atoms with Gasteiger partial charge in [-0.3, -0.25) is 9.59 Å².